The van der Waals surface area contributed by atoms with Gasteiger partial charge in [0.15, 0.2) is 23.2 Å². The molecule has 0 bridgehead atoms. The molecule has 1 heterocycles. The summed E-state index contributed by atoms with van der Waals surface area (Å²) in [7, 11) is 1.51. The van der Waals surface area contributed by atoms with E-state index in [4.69, 9.17) is 9.15 Å². The Hall–Kier alpha value is -3.49. The predicted octanol–water partition coefficient (Wildman–Crippen LogP) is 3.54. The van der Waals surface area contributed by atoms with Gasteiger partial charge in [-0.25, -0.2) is 13.2 Å². The molecule has 3 aromatic rings. The highest BCUT2D eigenvalue weighted by atomic mass is 19.2. The van der Waals surface area contributed by atoms with Gasteiger partial charge in [-0.05, 0) is 37.3 Å². The maximum atomic E-state index is 13.6. The molecule has 0 saturated heterocycles. The molecular formula is C19H15F3N2O4. The predicted molar refractivity (Wildman–Crippen MR) is 94.8 cm³/mol. The van der Waals surface area contributed by atoms with E-state index < -0.39 is 41.5 Å². The van der Waals surface area contributed by atoms with Crippen molar-refractivity contribution in [1.29, 1.82) is 0 Å². The van der Waals surface area contributed by atoms with Crippen molar-refractivity contribution in [2.24, 2.45) is 0 Å². The van der Waals surface area contributed by atoms with Gasteiger partial charge < -0.3 is 19.8 Å². The molecule has 0 fully saturated rings. The molecule has 2 N–H and O–H groups in total. The molecule has 2 amide bonds. The lowest BCUT2D eigenvalue weighted by Crippen LogP contribution is -2.33. The van der Waals surface area contributed by atoms with Crippen molar-refractivity contribution in [2.45, 2.75) is 6.92 Å². The summed E-state index contributed by atoms with van der Waals surface area (Å²) in [5.41, 5.74) is 0.486. The normalized spacial score (nSPS) is 10.8. The molecule has 1 aromatic heterocycles. The number of carbonyl (C=O) groups is 2. The number of fused-ring (bicyclic) bond motifs is 1. The average Bonchev–Trinajstić information content (AvgIpc) is 3.02. The molecule has 0 spiro atoms. The molecule has 9 heteroatoms. The number of methoxy groups -OCH3 is 1. The van der Waals surface area contributed by atoms with Crippen LogP contribution in [0, 0.1) is 24.4 Å². The van der Waals surface area contributed by atoms with Crippen LogP contribution in [0.3, 0.4) is 0 Å². The zero-order chi connectivity index (χ0) is 20.4. The number of furan rings is 1. The van der Waals surface area contributed by atoms with Crippen LogP contribution in [0.4, 0.5) is 18.9 Å². The van der Waals surface area contributed by atoms with Crippen LogP contribution in [0.15, 0.2) is 34.7 Å². The topological polar surface area (TPSA) is 80.6 Å². The minimum Gasteiger partial charge on any atom is -0.497 e. The van der Waals surface area contributed by atoms with Gasteiger partial charge >= 0.3 is 0 Å². The number of ether oxygens (including phenoxy) is 1. The molecule has 0 unspecified atom stereocenters. The number of anilines is 1. The van der Waals surface area contributed by atoms with E-state index in [2.05, 4.69) is 10.6 Å². The molecule has 146 valence electrons. The van der Waals surface area contributed by atoms with Gasteiger partial charge in [-0.15, -0.1) is 0 Å². The monoisotopic (exact) mass is 392 g/mol. The molecule has 2 aromatic carbocycles. The summed E-state index contributed by atoms with van der Waals surface area (Å²) >= 11 is 0. The van der Waals surface area contributed by atoms with Gasteiger partial charge in [0.25, 0.3) is 5.91 Å². The molecule has 0 saturated carbocycles. The Labute approximate surface area is 157 Å². The number of aryl methyl sites for hydroxylation is 1. The third-order valence-electron chi connectivity index (χ3n) is 4.07. The fraction of sp³-hybridized carbons (Fsp3) is 0.158. The highest BCUT2D eigenvalue weighted by molar-refractivity contribution is 6.02. The molecule has 0 atom stereocenters. The van der Waals surface area contributed by atoms with Crippen LogP contribution < -0.4 is 15.4 Å². The van der Waals surface area contributed by atoms with Crippen molar-refractivity contribution in [2.75, 3.05) is 19.0 Å². The first-order chi connectivity index (χ1) is 13.3. The van der Waals surface area contributed by atoms with Gasteiger partial charge in [-0.2, -0.15) is 0 Å². The molecule has 3 rings (SSSR count). The van der Waals surface area contributed by atoms with E-state index in [0.717, 1.165) is 6.07 Å². The Morgan fingerprint density at radius 1 is 1.11 bits per heavy atom. The Bertz CT molecular complexity index is 1080. The van der Waals surface area contributed by atoms with Crippen LogP contribution in [0.1, 0.15) is 16.1 Å². The second-order valence-corrected chi connectivity index (χ2v) is 5.87. The smallest absolute Gasteiger partial charge is 0.287 e. The average molecular weight is 392 g/mol. The number of hydrogen-bond donors (Lipinski definition) is 2. The number of nitrogens with one attached hydrogen (secondary N) is 2. The van der Waals surface area contributed by atoms with Crippen LogP contribution in [0.5, 0.6) is 5.75 Å². The largest absolute Gasteiger partial charge is 0.497 e. The fourth-order valence-corrected chi connectivity index (χ4v) is 2.60. The number of carbonyl (C=O) groups excluding carboxylic acids is 2. The lowest BCUT2D eigenvalue weighted by atomic mass is 10.1. The Balaban J connectivity index is 1.69. The zero-order valence-electron chi connectivity index (χ0n) is 14.9. The van der Waals surface area contributed by atoms with Crippen molar-refractivity contribution in [1.82, 2.24) is 5.32 Å². The molecule has 0 aliphatic rings. The maximum absolute atomic E-state index is 13.6. The Morgan fingerprint density at radius 2 is 1.86 bits per heavy atom. The van der Waals surface area contributed by atoms with Crippen LogP contribution >= 0.6 is 0 Å². The van der Waals surface area contributed by atoms with Crippen molar-refractivity contribution in [3.8, 4) is 5.75 Å². The van der Waals surface area contributed by atoms with Gasteiger partial charge in [0.1, 0.15) is 11.3 Å². The Morgan fingerprint density at radius 3 is 2.57 bits per heavy atom. The third kappa shape index (κ3) is 3.64. The second-order valence-electron chi connectivity index (χ2n) is 5.87. The molecule has 0 aliphatic heterocycles. The second kappa shape index (κ2) is 7.63. The number of benzene rings is 2. The standard InChI is InChI=1S/C19H15F3N2O4/c1-9-11-7-10(27-2)3-6-14(11)28-18(9)19(26)23-8-15(25)24-13-5-4-12(20)16(21)17(13)22/h3-7H,8H2,1-2H3,(H,23,26)(H,24,25). The summed E-state index contributed by atoms with van der Waals surface area (Å²) in [6.45, 7) is 1.15. The number of hydrogen-bond acceptors (Lipinski definition) is 4. The van der Waals surface area contributed by atoms with Crippen LogP contribution in [-0.4, -0.2) is 25.5 Å². The quantitative estimate of drug-likeness (QED) is 0.651. The van der Waals surface area contributed by atoms with Gasteiger partial charge in [0.05, 0.1) is 19.3 Å². The highest BCUT2D eigenvalue weighted by Gasteiger charge is 2.20. The van der Waals surface area contributed by atoms with Crippen molar-refractivity contribution in [3.63, 3.8) is 0 Å². The molecule has 6 nitrogen and oxygen atoms in total. The number of rotatable bonds is 5. The van der Waals surface area contributed by atoms with Crippen LogP contribution in [-0.2, 0) is 4.79 Å². The summed E-state index contributed by atoms with van der Waals surface area (Å²) < 4.78 is 50.3. The number of amides is 2. The number of halogens is 3. The molecule has 28 heavy (non-hydrogen) atoms. The van der Waals surface area contributed by atoms with Crippen molar-refractivity contribution < 1.29 is 31.9 Å². The van der Waals surface area contributed by atoms with Crippen LogP contribution in [0.25, 0.3) is 11.0 Å². The third-order valence-corrected chi connectivity index (χ3v) is 4.07. The first-order valence-electron chi connectivity index (χ1n) is 8.10. The first-order valence-corrected chi connectivity index (χ1v) is 8.10. The Kier molecular flexibility index (Phi) is 5.25. The molecule has 0 aliphatic carbocycles. The van der Waals surface area contributed by atoms with Gasteiger partial charge in [-0.3, -0.25) is 9.59 Å². The van der Waals surface area contributed by atoms with E-state index in [0.29, 0.717) is 28.3 Å². The summed E-state index contributed by atoms with van der Waals surface area (Å²) in [6.07, 6.45) is 0. The van der Waals surface area contributed by atoms with E-state index in [1.165, 1.54) is 7.11 Å². The van der Waals surface area contributed by atoms with E-state index in [1.54, 1.807) is 25.1 Å². The van der Waals surface area contributed by atoms with Gasteiger partial charge in [0.2, 0.25) is 5.91 Å². The minimum absolute atomic E-state index is 0.00932. The summed E-state index contributed by atoms with van der Waals surface area (Å²) in [5.74, 6) is -5.48. The SMILES string of the molecule is COc1ccc2oc(C(=O)NCC(=O)Nc3ccc(F)c(F)c3F)c(C)c2c1. The zero-order valence-corrected chi connectivity index (χ0v) is 14.9. The van der Waals surface area contributed by atoms with Gasteiger partial charge in [-0.1, -0.05) is 0 Å². The van der Waals surface area contributed by atoms with Crippen molar-refractivity contribution in [3.05, 3.63) is 59.1 Å². The lowest BCUT2D eigenvalue weighted by Gasteiger charge is -2.08. The first kappa shape index (κ1) is 19.3. The van der Waals surface area contributed by atoms with E-state index in [1.807, 2.05) is 0 Å². The summed E-state index contributed by atoms with van der Waals surface area (Å²) in [4.78, 5) is 24.2. The van der Waals surface area contributed by atoms with Crippen LogP contribution in [0.2, 0.25) is 0 Å². The fourth-order valence-electron chi connectivity index (χ4n) is 2.60. The van der Waals surface area contributed by atoms with E-state index >= 15 is 0 Å². The van der Waals surface area contributed by atoms with E-state index in [9.17, 15) is 22.8 Å². The summed E-state index contributed by atoms with van der Waals surface area (Å²) in [5, 5.41) is 5.07. The molecule has 0 radical (unpaired) electrons. The molecular weight excluding hydrogens is 377 g/mol. The van der Waals surface area contributed by atoms with E-state index in [-0.39, 0.29) is 5.76 Å². The van der Waals surface area contributed by atoms with Gasteiger partial charge in [0, 0.05) is 10.9 Å². The highest BCUT2D eigenvalue weighted by Crippen LogP contribution is 2.28. The summed E-state index contributed by atoms with van der Waals surface area (Å²) in [6, 6.07) is 6.60. The minimum atomic E-state index is -1.70. The lowest BCUT2D eigenvalue weighted by molar-refractivity contribution is -0.115. The van der Waals surface area contributed by atoms with Crippen molar-refractivity contribution >= 4 is 28.5 Å². The maximum Gasteiger partial charge on any atom is 0.287 e.